The Morgan fingerprint density at radius 2 is 2.10 bits per heavy atom. The predicted molar refractivity (Wildman–Crippen MR) is 32.5 cm³/mol. The SMILES string of the molecule is OC[C@@H]1C[C@H]2O[C@H]1[C@H]1O[C@@H]12. The van der Waals surface area contributed by atoms with E-state index in [0.717, 1.165) is 6.42 Å². The molecule has 3 rings (SSSR count). The van der Waals surface area contributed by atoms with Crippen LogP contribution < -0.4 is 0 Å². The molecule has 3 heteroatoms. The Kier molecular flexibility index (Phi) is 0.854. The standard InChI is InChI=1S/C7H10O3/c8-2-3-1-4-6-7(10-6)5(3)9-4/h3-8H,1-2H2/t3-,4+,5+,6+,7+/m0/s1. The minimum atomic E-state index is 0.222. The van der Waals surface area contributed by atoms with Gasteiger partial charge in [-0.1, -0.05) is 0 Å². The van der Waals surface area contributed by atoms with Gasteiger partial charge in [-0.3, -0.25) is 0 Å². The van der Waals surface area contributed by atoms with Crippen molar-refractivity contribution < 1.29 is 14.6 Å². The van der Waals surface area contributed by atoms with E-state index in [2.05, 4.69) is 0 Å². The molecule has 3 heterocycles. The Morgan fingerprint density at radius 1 is 1.20 bits per heavy atom. The third-order valence-electron chi connectivity index (χ3n) is 2.82. The van der Waals surface area contributed by atoms with Crippen molar-refractivity contribution in [3.8, 4) is 0 Å². The summed E-state index contributed by atoms with van der Waals surface area (Å²) in [7, 11) is 0. The Bertz CT molecular complexity index is 170. The first-order valence-corrected chi connectivity index (χ1v) is 3.82. The largest absolute Gasteiger partial charge is 0.396 e. The molecule has 0 aromatic heterocycles. The molecule has 3 aliphatic rings. The van der Waals surface area contributed by atoms with E-state index in [1.807, 2.05) is 0 Å². The summed E-state index contributed by atoms with van der Waals surface area (Å²) < 4.78 is 10.9. The number of epoxide rings is 1. The molecule has 0 unspecified atom stereocenters. The fourth-order valence-corrected chi connectivity index (χ4v) is 2.24. The van der Waals surface area contributed by atoms with Gasteiger partial charge in [0.25, 0.3) is 0 Å². The minimum Gasteiger partial charge on any atom is -0.396 e. The zero-order valence-corrected chi connectivity index (χ0v) is 5.56. The van der Waals surface area contributed by atoms with Gasteiger partial charge in [0, 0.05) is 12.5 Å². The van der Waals surface area contributed by atoms with Crippen LogP contribution in [-0.2, 0) is 9.47 Å². The monoisotopic (exact) mass is 142 g/mol. The third kappa shape index (κ3) is 0.480. The maximum Gasteiger partial charge on any atom is 0.113 e. The number of hydrogen-bond acceptors (Lipinski definition) is 3. The molecule has 0 spiro atoms. The molecule has 0 radical (unpaired) electrons. The molecule has 3 saturated heterocycles. The molecule has 0 amide bonds. The molecule has 0 aliphatic carbocycles. The molecule has 2 bridgehead atoms. The van der Waals surface area contributed by atoms with Crippen molar-refractivity contribution in [2.24, 2.45) is 5.92 Å². The van der Waals surface area contributed by atoms with Gasteiger partial charge in [0.05, 0.1) is 12.2 Å². The summed E-state index contributed by atoms with van der Waals surface area (Å²) in [6.07, 6.45) is 2.28. The lowest BCUT2D eigenvalue weighted by Crippen LogP contribution is -2.26. The maximum atomic E-state index is 8.89. The van der Waals surface area contributed by atoms with E-state index < -0.39 is 0 Å². The van der Waals surface area contributed by atoms with Crippen LogP contribution in [0.25, 0.3) is 0 Å². The zero-order chi connectivity index (χ0) is 6.72. The van der Waals surface area contributed by atoms with Crippen molar-refractivity contribution in [3.63, 3.8) is 0 Å². The first-order valence-electron chi connectivity index (χ1n) is 3.82. The van der Waals surface area contributed by atoms with E-state index in [4.69, 9.17) is 14.6 Å². The van der Waals surface area contributed by atoms with Crippen molar-refractivity contribution in [2.45, 2.75) is 30.8 Å². The van der Waals surface area contributed by atoms with Gasteiger partial charge in [0.2, 0.25) is 0 Å². The second-order valence-electron chi connectivity index (χ2n) is 3.38. The highest BCUT2D eigenvalue weighted by molar-refractivity contribution is 5.11. The van der Waals surface area contributed by atoms with E-state index >= 15 is 0 Å². The minimum absolute atomic E-state index is 0.222. The molecular formula is C7H10O3. The van der Waals surface area contributed by atoms with Crippen LogP contribution in [0.5, 0.6) is 0 Å². The summed E-state index contributed by atoms with van der Waals surface area (Å²) in [5.41, 5.74) is 0. The van der Waals surface area contributed by atoms with E-state index in [-0.39, 0.29) is 12.7 Å². The fraction of sp³-hybridized carbons (Fsp3) is 1.00. The highest BCUT2D eigenvalue weighted by atomic mass is 16.7. The van der Waals surface area contributed by atoms with Gasteiger partial charge in [0.15, 0.2) is 0 Å². The van der Waals surface area contributed by atoms with Crippen LogP contribution in [-0.4, -0.2) is 36.1 Å². The quantitative estimate of drug-likeness (QED) is 0.503. The average Bonchev–Trinajstić information content (AvgIpc) is 2.58. The molecule has 3 aliphatic heterocycles. The van der Waals surface area contributed by atoms with Crippen LogP contribution in [0.4, 0.5) is 0 Å². The average molecular weight is 142 g/mol. The molecule has 10 heavy (non-hydrogen) atoms. The summed E-state index contributed by atoms with van der Waals surface area (Å²) in [4.78, 5) is 0. The number of aliphatic hydroxyl groups excluding tert-OH is 1. The second kappa shape index (κ2) is 1.55. The van der Waals surface area contributed by atoms with Crippen LogP contribution >= 0.6 is 0 Å². The predicted octanol–water partition coefficient (Wildman–Crippen LogP) is -0.467. The van der Waals surface area contributed by atoms with E-state index in [0.29, 0.717) is 24.2 Å². The van der Waals surface area contributed by atoms with Gasteiger partial charge in [-0.15, -0.1) is 0 Å². The Labute approximate surface area is 58.9 Å². The van der Waals surface area contributed by atoms with Crippen molar-refractivity contribution in [3.05, 3.63) is 0 Å². The summed E-state index contributed by atoms with van der Waals surface area (Å²) in [6, 6.07) is 0. The van der Waals surface area contributed by atoms with Crippen LogP contribution in [0.1, 0.15) is 6.42 Å². The van der Waals surface area contributed by atoms with Gasteiger partial charge >= 0.3 is 0 Å². The summed E-state index contributed by atoms with van der Waals surface area (Å²) in [6.45, 7) is 0.258. The molecular weight excluding hydrogens is 132 g/mol. The van der Waals surface area contributed by atoms with Gasteiger partial charge in [-0.2, -0.15) is 0 Å². The first kappa shape index (κ1) is 5.52. The summed E-state index contributed by atoms with van der Waals surface area (Å²) >= 11 is 0. The highest BCUT2D eigenvalue weighted by Gasteiger charge is 2.64. The number of aliphatic hydroxyl groups is 1. The van der Waals surface area contributed by atoms with E-state index in [1.165, 1.54) is 0 Å². The van der Waals surface area contributed by atoms with E-state index in [1.54, 1.807) is 0 Å². The van der Waals surface area contributed by atoms with Crippen LogP contribution in [0, 0.1) is 5.92 Å². The van der Waals surface area contributed by atoms with Gasteiger partial charge in [-0.05, 0) is 6.42 Å². The topological polar surface area (TPSA) is 42.0 Å². The lowest BCUT2D eigenvalue weighted by Gasteiger charge is -2.12. The Hall–Kier alpha value is -0.120. The van der Waals surface area contributed by atoms with E-state index in [9.17, 15) is 0 Å². The summed E-state index contributed by atoms with van der Waals surface area (Å²) in [5.74, 6) is 0.355. The third-order valence-corrected chi connectivity index (χ3v) is 2.82. The molecule has 0 saturated carbocycles. The maximum absolute atomic E-state index is 8.89. The van der Waals surface area contributed by atoms with Gasteiger partial charge in [-0.25, -0.2) is 0 Å². The van der Waals surface area contributed by atoms with Crippen molar-refractivity contribution in [1.29, 1.82) is 0 Å². The van der Waals surface area contributed by atoms with Crippen LogP contribution in [0.3, 0.4) is 0 Å². The smallest absolute Gasteiger partial charge is 0.113 e. The second-order valence-corrected chi connectivity index (χ2v) is 3.38. The first-order chi connectivity index (χ1) is 4.90. The van der Waals surface area contributed by atoms with Crippen molar-refractivity contribution in [1.82, 2.24) is 0 Å². The lowest BCUT2D eigenvalue weighted by molar-refractivity contribution is 0.00587. The number of hydrogen-bond donors (Lipinski definition) is 1. The fourth-order valence-electron chi connectivity index (χ4n) is 2.24. The van der Waals surface area contributed by atoms with Gasteiger partial charge < -0.3 is 14.6 Å². The molecule has 5 atom stereocenters. The van der Waals surface area contributed by atoms with Crippen molar-refractivity contribution in [2.75, 3.05) is 6.61 Å². The normalized spacial score (nSPS) is 62.7. The highest BCUT2D eigenvalue weighted by Crippen LogP contribution is 2.50. The molecule has 56 valence electrons. The zero-order valence-electron chi connectivity index (χ0n) is 5.56. The Morgan fingerprint density at radius 3 is 2.70 bits per heavy atom. The van der Waals surface area contributed by atoms with Crippen molar-refractivity contribution >= 4 is 0 Å². The molecule has 3 nitrogen and oxygen atoms in total. The molecule has 0 aromatic carbocycles. The summed E-state index contributed by atoms with van der Waals surface area (Å²) in [5, 5.41) is 8.89. The number of rotatable bonds is 1. The number of fused-ring (bicyclic) bond motifs is 5. The molecule has 0 aromatic rings. The van der Waals surface area contributed by atoms with Gasteiger partial charge in [0.1, 0.15) is 12.2 Å². The Balaban J connectivity index is 1.85. The number of ether oxygens (including phenoxy) is 2. The molecule has 1 N–H and O–H groups in total. The lowest BCUT2D eigenvalue weighted by atomic mass is 9.90. The van der Waals surface area contributed by atoms with Crippen LogP contribution in [0.15, 0.2) is 0 Å². The molecule has 3 fully saturated rings. The van der Waals surface area contributed by atoms with Crippen LogP contribution in [0.2, 0.25) is 0 Å².